The van der Waals surface area contributed by atoms with Crippen molar-refractivity contribution in [2.45, 2.75) is 39.7 Å². The maximum absolute atomic E-state index is 12.5. The van der Waals surface area contributed by atoms with Crippen molar-refractivity contribution in [1.82, 2.24) is 10.1 Å². The fourth-order valence-corrected chi connectivity index (χ4v) is 2.88. The molecule has 0 aliphatic rings. The minimum absolute atomic E-state index is 0.0722. The maximum Gasteiger partial charge on any atom is 0.223 e. The summed E-state index contributed by atoms with van der Waals surface area (Å²) in [6, 6.07) is 9.75. The first-order valence-corrected chi connectivity index (χ1v) is 8.13. The van der Waals surface area contributed by atoms with Crippen LogP contribution in [0.25, 0.3) is 11.0 Å². The van der Waals surface area contributed by atoms with Crippen molar-refractivity contribution in [3.05, 3.63) is 53.1 Å². The molecule has 0 aliphatic heterocycles. The number of nitrogens with zero attached hydrogens (tertiary/aromatic N) is 2. The van der Waals surface area contributed by atoms with E-state index in [4.69, 9.17) is 8.94 Å². The summed E-state index contributed by atoms with van der Waals surface area (Å²) in [5, 5.41) is 4.98. The highest BCUT2D eigenvalue weighted by atomic mass is 16.5. The van der Waals surface area contributed by atoms with E-state index in [1.807, 2.05) is 58.2 Å². The van der Waals surface area contributed by atoms with Crippen LogP contribution in [-0.2, 0) is 11.2 Å². The van der Waals surface area contributed by atoms with E-state index in [-0.39, 0.29) is 11.9 Å². The van der Waals surface area contributed by atoms with Crippen LogP contribution in [-0.4, -0.2) is 23.0 Å². The number of benzene rings is 1. The molecule has 0 radical (unpaired) electrons. The molecular weight excluding hydrogens is 304 g/mol. The second kappa shape index (κ2) is 6.51. The molecule has 0 fully saturated rings. The van der Waals surface area contributed by atoms with Gasteiger partial charge in [0.15, 0.2) is 0 Å². The zero-order chi connectivity index (χ0) is 17.3. The van der Waals surface area contributed by atoms with Gasteiger partial charge < -0.3 is 13.8 Å². The van der Waals surface area contributed by atoms with Crippen LogP contribution < -0.4 is 0 Å². The van der Waals surface area contributed by atoms with Crippen LogP contribution in [0.1, 0.15) is 42.2 Å². The predicted octanol–water partition coefficient (Wildman–Crippen LogP) is 4.19. The van der Waals surface area contributed by atoms with Crippen molar-refractivity contribution in [3.63, 3.8) is 0 Å². The van der Waals surface area contributed by atoms with Gasteiger partial charge in [0.25, 0.3) is 0 Å². The maximum atomic E-state index is 12.5. The lowest BCUT2D eigenvalue weighted by atomic mass is 10.1. The first kappa shape index (κ1) is 16.3. The van der Waals surface area contributed by atoms with Crippen molar-refractivity contribution in [1.29, 1.82) is 0 Å². The van der Waals surface area contributed by atoms with Gasteiger partial charge in [-0.3, -0.25) is 4.79 Å². The number of aryl methyl sites for hydroxylation is 2. The lowest BCUT2D eigenvalue weighted by molar-refractivity contribution is -0.132. The van der Waals surface area contributed by atoms with E-state index in [1.54, 1.807) is 4.90 Å². The number of hydrogen-bond acceptors (Lipinski definition) is 4. The van der Waals surface area contributed by atoms with Gasteiger partial charge in [-0.05, 0) is 39.3 Å². The molecule has 0 N–H and O–H groups in total. The standard InChI is InChI=1S/C19H22N2O3/c1-12-16(14(3)24-20-12)9-10-19(22)21(4)13(2)18-11-15-7-5-6-8-17(15)23-18/h5-8,11,13H,9-10H2,1-4H3. The van der Waals surface area contributed by atoms with E-state index < -0.39 is 0 Å². The van der Waals surface area contributed by atoms with E-state index in [2.05, 4.69) is 5.16 Å². The third-order valence-corrected chi connectivity index (χ3v) is 4.60. The number of para-hydroxylation sites is 1. The molecule has 2 heterocycles. The first-order valence-electron chi connectivity index (χ1n) is 8.13. The van der Waals surface area contributed by atoms with Crippen LogP contribution >= 0.6 is 0 Å². The van der Waals surface area contributed by atoms with E-state index in [0.29, 0.717) is 12.8 Å². The summed E-state index contributed by atoms with van der Waals surface area (Å²) in [7, 11) is 1.81. The Balaban J connectivity index is 1.68. The number of amides is 1. The van der Waals surface area contributed by atoms with Crippen molar-refractivity contribution in [2.24, 2.45) is 0 Å². The van der Waals surface area contributed by atoms with Crippen LogP contribution in [0.3, 0.4) is 0 Å². The molecular formula is C19H22N2O3. The van der Waals surface area contributed by atoms with Gasteiger partial charge in [0.2, 0.25) is 5.91 Å². The summed E-state index contributed by atoms with van der Waals surface area (Å²) in [5.74, 6) is 1.65. The third kappa shape index (κ3) is 3.07. The van der Waals surface area contributed by atoms with Gasteiger partial charge in [-0.15, -0.1) is 0 Å². The Bertz CT molecular complexity index is 810. The molecule has 1 atom stereocenters. The smallest absolute Gasteiger partial charge is 0.223 e. The Morgan fingerprint density at radius 2 is 2.04 bits per heavy atom. The van der Waals surface area contributed by atoms with E-state index >= 15 is 0 Å². The molecule has 1 unspecified atom stereocenters. The van der Waals surface area contributed by atoms with Gasteiger partial charge >= 0.3 is 0 Å². The monoisotopic (exact) mass is 326 g/mol. The van der Waals surface area contributed by atoms with Gasteiger partial charge in [0.05, 0.1) is 11.7 Å². The van der Waals surface area contributed by atoms with Crippen LogP contribution in [0.5, 0.6) is 0 Å². The predicted molar refractivity (Wildman–Crippen MR) is 91.7 cm³/mol. The number of carbonyl (C=O) groups is 1. The number of furan rings is 1. The second-order valence-electron chi connectivity index (χ2n) is 6.17. The normalized spacial score (nSPS) is 12.5. The summed E-state index contributed by atoms with van der Waals surface area (Å²) in [5.41, 5.74) is 2.72. The van der Waals surface area contributed by atoms with Gasteiger partial charge in [0.1, 0.15) is 17.1 Å². The van der Waals surface area contributed by atoms with Crippen LogP contribution in [0.4, 0.5) is 0 Å². The molecule has 0 saturated carbocycles. The average molecular weight is 326 g/mol. The number of hydrogen-bond donors (Lipinski definition) is 0. The Morgan fingerprint density at radius 3 is 2.71 bits per heavy atom. The van der Waals surface area contributed by atoms with E-state index in [1.165, 1.54) is 0 Å². The molecule has 3 aromatic rings. The number of aromatic nitrogens is 1. The van der Waals surface area contributed by atoms with E-state index in [0.717, 1.165) is 33.7 Å². The SMILES string of the molecule is Cc1noc(C)c1CCC(=O)N(C)C(C)c1cc2ccccc2o1. The van der Waals surface area contributed by atoms with Crippen LogP contribution in [0, 0.1) is 13.8 Å². The molecule has 1 amide bonds. The highest BCUT2D eigenvalue weighted by Crippen LogP contribution is 2.27. The van der Waals surface area contributed by atoms with Gasteiger partial charge in [-0.1, -0.05) is 23.4 Å². The largest absolute Gasteiger partial charge is 0.459 e. The van der Waals surface area contributed by atoms with Crippen molar-refractivity contribution in [3.8, 4) is 0 Å². The Hall–Kier alpha value is -2.56. The molecule has 0 aliphatic carbocycles. The Labute approximate surface area is 141 Å². The summed E-state index contributed by atoms with van der Waals surface area (Å²) in [6.45, 7) is 5.75. The molecule has 5 nitrogen and oxygen atoms in total. The number of carbonyl (C=O) groups excluding carboxylic acids is 1. The van der Waals surface area contributed by atoms with Gasteiger partial charge in [-0.2, -0.15) is 0 Å². The van der Waals surface area contributed by atoms with Gasteiger partial charge in [-0.25, -0.2) is 0 Å². The fraction of sp³-hybridized carbons (Fsp3) is 0.368. The minimum Gasteiger partial charge on any atom is -0.459 e. The first-order chi connectivity index (χ1) is 11.5. The molecule has 126 valence electrons. The quantitative estimate of drug-likeness (QED) is 0.705. The van der Waals surface area contributed by atoms with E-state index in [9.17, 15) is 4.79 Å². The Morgan fingerprint density at radius 1 is 1.29 bits per heavy atom. The number of rotatable bonds is 5. The lowest BCUT2D eigenvalue weighted by Crippen LogP contribution is -2.29. The lowest BCUT2D eigenvalue weighted by Gasteiger charge is -2.23. The zero-order valence-corrected chi connectivity index (χ0v) is 14.5. The molecule has 2 aromatic heterocycles. The molecule has 0 spiro atoms. The fourth-order valence-electron chi connectivity index (χ4n) is 2.88. The highest BCUT2D eigenvalue weighted by molar-refractivity contribution is 5.79. The van der Waals surface area contributed by atoms with Crippen molar-refractivity contribution >= 4 is 16.9 Å². The highest BCUT2D eigenvalue weighted by Gasteiger charge is 2.21. The average Bonchev–Trinajstić information content (AvgIpc) is 3.15. The topological polar surface area (TPSA) is 59.5 Å². The van der Waals surface area contributed by atoms with Crippen LogP contribution in [0.15, 0.2) is 39.3 Å². The molecule has 0 saturated heterocycles. The van der Waals surface area contributed by atoms with Crippen molar-refractivity contribution in [2.75, 3.05) is 7.05 Å². The number of fused-ring (bicyclic) bond motifs is 1. The Kier molecular flexibility index (Phi) is 4.42. The van der Waals surface area contributed by atoms with Crippen LogP contribution in [0.2, 0.25) is 0 Å². The minimum atomic E-state index is -0.116. The zero-order valence-electron chi connectivity index (χ0n) is 14.5. The molecule has 5 heteroatoms. The molecule has 24 heavy (non-hydrogen) atoms. The third-order valence-electron chi connectivity index (χ3n) is 4.60. The molecule has 1 aromatic carbocycles. The summed E-state index contributed by atoms with van der Waals surface area (Å²) < 4.78 is 11.0. The summed E-state index contributed by atoms with van der Waals surface area (Å²) >= 11 is 0. The van der Waals surface area contributed by atoms with Gasteiger partial charge in [0, 0.05) is 24.4 Å². The van der Waals surface area contributed by atoms with Crippen molar-refractivity contribution < 1.29 is 13.7 Å². The second-order valence-corrected chi connectivity index (χ2v) is 6.17. The molecule has 3 rings (SSSR count). The molecule has 0 bridgehead atoms. The summed E-state index contributed by atoms with van der Waals surface area (Å²) in [4.78, 5) is 14.3. The summed E-state index contributed by atoms with van der Waals surface area (Å²) in [6.07, 6.45) is 1.06.